The van der Waals surface area contributed by atoms with Gasteiger partial charge in [0.25, 0.3) is 0 Å². The van der Waals surface area contributed by atoms with Crippen LogP contribution in [0.1, 0.15) is 84.8 Å². The van der Waals surface area contributed by atoms with Crippen LogP contribution in [0.5, 0.6) is 0 Å². The van der Waals surface area contributed by atoms with Crippen molar-refractivity contribution in [2.45, 2.75) is 105 Å². The first-order valence-electron chi connectivity index (χ1n) is 20.9. The molecule has 3 aliphatic rings. The van der Waals surface area contributed by atoms with Crippen molar-refractivity contribution >= 4 is 92.6 Å². The molecule has 0 saturated heterocycles. The summed E-state index contributed by atoms with van der Waals surface area (Å²) in [6, 6.07) is 17.3. The van der Waals surface area contributed by atoms with Crippen LogP contribution in [0.15, 0.2) is 117 Å². The normalized spacial score (nSPS) is 19.9. The Labute approximate surface area is 389 Å². The van der Waals surface area contributed by atoms with Gasteiger partial charge in [-0.05, 0) is 134 Å². The second-order valence-corrected chi connectivity index (χ2v) is 23.9. The zero-order valence-corrected chi connectivity index (χ0v) is 40.5. The Morgan fingerprint density at radius 3 is 2.12 bits per heavy atom. The third-order valence-corrected chi connectivity index (χ3v) is 17.3. The van der Waals surface area contributed by atoms with Gasteiger partial charge in [-0.25, -0.2) is 25.3 Å². The molecule has 0 saturated carbocycles. The molecule has 1 aliphatic carbocycles. The maximum Gasteiger partial charge on any atom is 0.210 e. The van der Waals surface area contributed by atoms with Crippen LogP contribution in [0, 0.1) is 0 Å². The third kappa shape index (κ3) is 9.76. The summed E-state index contributed by atoms with van der Waals surface area (Å²) >= 11 is 8.04. The van der Waals surface area contributed by atoms with Gasteiger partial charge in [0, 0.05) is 62.6 Å². The van der Waals surface area contributed by atoms with Crippen LogP contribution in [0.3, 0.4) is 0 Å². The molecule has 4 aromatic rings. The molecule has 0 spiro atoms. The van der Waals surface area contributed by atoms with Gasteiger partial charge in [0.1, 0.15) is 10.1 Å². The van der Waals surface area contributed by atoms with E-state index in [1.807, 2.05) is 79.1 Å². The van der Waals surface area contributed by atoms with E-state index >= 15 is 0 Å². The minimum absolute atomic E-state index is 0.0424. The van der Waals surface area contributed by atoms with Gasteiger partial charge in [-0.2, -0.15) is 8.91 Å². The van der Waals surface area contributed by atoms with Crippen molar-refractivity contribution in [3.8, 4) is 0 Å². The van der Waals surface area contributed by atoms with Crippen LogP contribution in [-0.4, -0.2) is 72.8 Å². The smallest absolute Gasteiger partial charge is 0.210 e. The highest BCUT2D eigenvalue weighted by Crippen LogP contribution is 2.52. The number of rotatable bonds is 15. The van der Waals surface area contributed by atoms with Crippen molar-refractivity contribution in [2.75, 3.05) is 18.0 Å². The van der Waals surface area contributed by atoms with E-state index in [2.05, 4.69) is 28.1 Å². The van der Waals surface area contributed by atoms with E-state index in [9.17, 15) is 44.2 Å². The molecule has 0 N–H and O–H groups in total. The maximum atomic E-state index is 12.0. The highest BCUT2D eigenvalue weighted by atomic mass is 35.5. The molecule has 348 valence electrons. The number of halogens is 1. The van der Waals surface area contributed by atoms with Gasteiger partial charge >= 0.3 is 0 Å². The third-order valence-electron chi connectivity index (χ3n) is 12.9. The van der Waals surface area contributed by atoms with E-state index in [0.29, 0.717) is 28.2 Å². The van der Waals surface area contributed by atoms with Gasteiger partial charge in [-0.3, -0.25) is 5.04 Å². The SMILES string of the molecule is CC(CCN1/C(=C/C=C2\CCCC(/C=C/C3=[N+](CCC(C)S(=O)(=O)[O-])c4ccc5cc(S(=O)(=O)[O-])ccc5c4C3(C)C)=C2Cl)C(C)(C)c2c1ccc1cc(SOO[O-])ccc21)S(=O)(=O)[O-]. The summed E-state index contributed by atoms with van der Waals surface area (Å²) < 4.78 is 114. The second-order valence-electron chi connectivity index (χ2n) is 17.8. The fourth-order valence-corrected chi connectivity index (χ4v) is 11.4. The first kappa shape index (κ1) is 49.0. The van der Waals surface area contributed by atoms with Crippen molar-refractivity contribution < 1.29 is 58.1 Å². The molecular weight excluding hydrogens is 936 g/mol. The van der Waals surface area contributed by atoms with Crippen LogP contribution in [0.25, 0.3) is 21.5 Å². The number of anilines is 1. The van der Waals surface area contributed by atoms with Gasteiger partial charge in [0.2, 0.25) is 5.69 Å². The molecule has 2 heterocycles. The molecule has 2 aliphatic heterocycles. The van der Waals surface area contributed by atoms with Gasteiger partial charge in [0.05, 0.1) is 47.8 Å². The van der Waals surface area contributed by atoms with Crippen molar-refractivity contribution in [3.63, 3.8) is 0 Å². The van der Waals surface area contributed by atoms with Crippen molar-refractivity contribution in [3.05, 3.63) is 118 Å². The predicted molar refractivity (Wildman–Crippen MR) is 247 cm³/mol. The molecule has 0 bridgehead atoms. The molecule has 0 fully saturated rings. The molecule has 0 aromatic heterocycles. The van der Waals surface area contributed by atoms with Gasteiger partial charge in [-0.15, -0.1) is 0 Å². The molecule has 0 radical (unpaired) electrons. The number of hydrogen-bond donors (Lipinski definition) is 0. The first-order valence-corrected chi connectivity index (χ1v) is 26.4. The van der Waals surface area contributed by atoms with Crippen LogP contribution in [0.4, 0.5) is 11.4 Å². The summed E-state index contributed by atoms with van der Waals surface area (Å²) in [5.74, 6) is 0. The van der Waals surface area contributed by atoms with E-state index in [-0.39, 0.29) is 30.8 Å². The van der Waals surface area contributed by atoms with E-state index in [1.165, 1.54) is 26.0 Å². The molecule has 2 atom stereocenters. The largest absolute Gasteiger partial charge is 0.748 e. The number of benzene rings is 4. The topological polar surface area (TPSA) is 219 Å². The standard InChI is InChI=1S/C46H51ClN2O12S4/c1-28(63(51,52)53)22-24-48-38-18-10-32-26-34(62-61-60-50)14-16-36(32)42(38)45(3,4)40(48)20-12-30-8-7-9-31(44(30)47)13-21-41-46(5,6)43-37-17-15-35(65(57,58)59)27-33(37)11-19-39(43)49(41)25-23-29(2)64(54,55)56/h10-21,26-29H,7-9,22-25H2,1-6H3,(H3-,50,51,52,53,54,55,56,57,58,59)/p-3. The Balaban J connectivity index is 1.28. The Kier molecular flexibility index (Phi) is 13.8. The molecule has 2 unspecified atom stereocenters. The van der Waals surface area contributed by atoms with E-state index in [1.54, 1.807) is 12.1 Å². The molecule has 7 rings (SSSR count). The Morgan fingerprint density at radius 2 is 1.45 bits per heavy atom. The molecule has 14 nitrogen and oxygen atoms in total. The fraction of sp³-hybridized carbons (Fsp3) is 0.370. The summed E-state index contributed by atoms with van der Waals surface area (Å²) in [5.41, 5.74) is 5.54. The molecule has 0 amide bonds. The van der Waals surface area contributed by atoms with Gasteiger partial charge < -0.3 is 23.8 Å². The lowest BCUT2D eigenvalue weighted by Gasteiger charge is -2.28. The van der Waals surface area contributed by atoms with Crippen molar-refractivity contribution in [2.24, 2.45) is 0 Å². The predicted octanol–water partition coefficient (Wildman–Crippen LogP) is 7.99. The van der Waals surface area contributed by atoms with Crippen LogP contribution >= 0.6 is 23.6 Å². The lowest BCUT2D eigenvalue weighted by Crippen LogP contribution is -2.30. The summed E-state index contributed by atoms with van der Waals surface area (Å²) in [6.45, 7) is 11.4. The first-order chi connectivity index (χ1) is 30.3. The Hall–Kier alpha value is -3.92. The van der Waals surface area contributed by atoms with Gasteiger partial charge in [0.15, 0.2) is 12.3 Å². The molecule has 4 aromatic carbocycles. The van der Waals surface area contributed by atoms with Crippen molar-refractivity contribution in [1.29, 1.82) is 0 Å². The minimum atomic E-state index is -4.71. The van der Waals surface area contributed by atoms with E-state index in [4.69, 9.17) is 11.6 Å². The summed E-state index contributed by atoms with van der Waals surface area (Å²) in [4.78, 5) is 2.36. The zero-order valence-electron chi connectivity index (χ0n) is 36.5. The lowest BCUT2D eigenvalue weighted by atomic mass is 9.78. The number of hydrogen-bond acceptors (Lipinski definition) is 14. The second kappa shape index (κ2) is 18.3. The monoisotopic (exact) mass is 983 g/mol. The minimum Gasteiger partial charge on any atom is -0.748 e. The van der Waals surface area contributed by atoms with Gasteiger partial charge in [-0.1, -0.05) is 55.8 Å². The number of allylic oxidation sites excluding steroid dienone is 8. The maximum absolute atomic E-state index is 12.0. The van der Waals surface area contributed by atoms with E-state index < -0.39 is 51.7 Å². The van der Waals surface area contributed by atoms with E-state index in [0.717, 1.165) is 79.7 Å². The molecule has 65 heavy (non-hydrogen) atoms. The lowest BCUT2D eigenvalue weighted by molar-refractivity contribution is -0.777. The van der Waals surface area contributed by atoms with Crippen molar-refractivity contribution in [1.82, 2.24) is 0 Å². The average molecular weight is 985 g/mol. The number of nitrogens with zero attached hydrogens (tertiary/aromatic N) is 2. The Morgan fingerprint density at radius 1 is 0.800 bits per heavy atom. The average Bonchev–Trinajstić information content (AvgIpc) is 3.59. The number of fused-ring (bicyclic) bond motifs is 6. The zero-order chi connectivity index (χ0) is 47.4. The summed E-state index contributed by atoms with van der Waals surface area (Å²) in [5, 5.41) is 15.4. The summed E-state index contributed by atoms with van der Waals surface area (Å²) in [6.07, 6.45) is 10.1. The van der Waals surface area contributed by atoms with Crippen LogP contribution < -0.4 is 10.2 Å². The molecular formula is C46H48ClN2O12S4-3. The highest BCUT2D eigenvalue weighted by Gasteiger charge is 2.46. The van der Waals surface area contributed by atoms with Crippen LogP contribution in [0.2, 0.25) is 0 Å². The molecule has 19 heteroatoms. The summed E-state index contributed by atoms with van der Waals surface area (Å²) in [7, 11) is -13.8. The fourth-order valence-electron chi connectivity index (χ4n) is 9.36. The quantitative estimate of drug-likeness (QED) is 0.0362. The van der Waals surface area contributed by atoms with Crippen LogP contribution in [-0.2, 0) is 50.6 Å². The highest BCUT2D eigenvalue weighted by molar-refractivity contribution is 7.94. The Bertz CT molecular complexity index is 3100.